The molecule has 8 heteroatoms. The zero-order valence-electron chi connectivity index (χ0n) is 10.4. The molecule has 0 aromatic heterocycles. The monoisotopic (exact) mass is 284 g/mol. The van der Waals surface area contributed by atoms with Crippen molar-refractivity contribution in [2.75, 3.05) is 0 Å². The summed E-state index contributed by atoms with van der Waals surface area (Å²) in [5.41, 5.74) is -0.340. The van der Waals surface area contributed by atoms with Crippen molar-refractivity contribution in [2.45, 2.75) is 31.4 Å². The molecule has 1 amide bonds. The third-order valence-electron chi connectivity index (χ3n) is 3.16. The van der Waals surface area contributed by atoms with Gasteiger partial charge in [0, 0.05) is 12.1 Å². The lowest BCUT2D eigenvalue weighted by atomic mass is 10.2. The van der Waals surface area contributed by atoms with Crippen molar-refractivity contribution < 1.29 is 24.0 Å². The molecule has 2 rings (SSSR count). The molecule has 0 unspecified atom stereocenters. The number of nitrogens with zero attached hydrogens (tertiary/aromatic N) is 1. The molecule has 0 saturated heterocycles. The summed E-state index contributed by atoms with van der Waals surface area (Å²) in [6, 6.07) is 2.50. The van der Waals surface area contributed by atoms with Crippen LogP contribution >= 0.6 is 0 Å². The fraction of sp³-hybridized carbons (Fsp3) is 0.417. The fourth-order valence-corrected chi connectivity index (χ4v) is 2.29. The van der Waals surface area contributed by atoms with Crippen molar-refractivity contribution in [3.05, 3.63) is 34.1 Å². The lowest BCUT2D eigenvalue weighted by molar-refractivity contribution is -0.386. The van der Waals surface area contributed by atoms with Gasteiger partial charge < -0.3 is 15.2 Å². The quantitative estimate of drug-likeness (QED) is 0.652. The van der Waals surface area contributed by atoms with Crippen molar-refractivity contribution in [3.63, 3.8) is 0 Å². The molecule has 108 valence electrons. The topological polar surface area (TPSA) is 102 Å². The minimum absolute atomic E-state index is 0.181. The van der Waals surface area contributed by atoms with E-state index in [0.717, 1.165) is 24.6 Å². The number of halogens is 1. The normalized spacial score (nSPS) is 21.4. The number of ether oxygens (including phenoxy) is 1. The maximum Gasteiger partial charge on any atom is 0.405 e. The summed E-state index contributed by atoms with van der Waals surface area (Å²) >= 11 is 0. The lowest BCUT2D eigenvalue weighted by Gasteiger charge is -2.20. The van der Waals surface area contributed by atoms with Crippen LogP contribution in [0.3, 0.4) is 0 Å². The van der Waals surface area contributed by atoms with Crippen molar-refractivity contribution in [1.29, 1.82) is 0 Å². The number of hydrogen-bond donors (Lipinski definition) is 2. The summed E-state index contributed by atoms with van der Waals surface area (Å²) in [6.45, 7) is 0. The number of benzene rings is 1. The van der Waals surface area contributed by atoms with Gasteiger partial charge in [-0.25, -0.2) is 9.18 Å². The first-order valence-electron chi connectivity index (χ1n) is 6.07. The Balaban J connectivity index is 2.18. The Bertz CT molecular complexity index is 537. The molecule has 2 N–H and O–H groups in total. The number of hydrogen-bond acceptors (Lipinski definition) is 4. The van der Waals surface area contributed by atoms with E-state index in [-0.39, 0.29) is 11.4 Å². The van der Waals surface area contributed by atoms with Gasteiger partial charge in [0.1, 0.15) is 11.9 Å². The number of amides is 1. The number of nitro benzene ring substituents is 1. The highest BCUT2D eigenvalue weighted by Crippen LogP contribution is 2.32. The van der Waals surface area contributed by atoms with E-state index < -0.39 is 29.0 Å². The molecular weight excluding hydrogens is 271 g/mol. The minimum atomic E-state index is -1.18. The Hall–Kier alpha value is -2.38. The fourth-order valence-electron chi connectivity index (χ4n) is 2.29. The molecule has 0 radical (unpaired) electrons. The van der Waals surface area contributed by atoms with Crippen LogP contribution in [0, 0.1) is 15.9 Å². The van der Waals surface area contributed by atoms with Crippen LogP contribution in [-0.4, -0.2) is 28.3 Å². The standard InChI is InChI=1S/C12H13FN2O5/c13-7-4-5-9(15(18)19)11(6-7)20-10-3-1-2-8(10)14-12(16)17/h4-6,8,10,14H,1-3H2,(H,16,17)/t8-,10-/m0/s1. The van der Waals surface area contributed by atoms with E-state index in [1.807, 2.05) is 0 Å². The molecule has 20 heavy (non-hydrogen) atoms. The Kier molecular flexibility index (Phi) is 4.02. The molecule has 1 aromatic carbocycles. The maximum atomic E-state index is 13.2. The van der Waals surface area contributed by atoms with Crippen LogP contribution in [0.4, 0.5) is 14.9 Å². The van der Waals surface area contributed by atoms with Crippen LogP contribution in [0.15, 0.2) is 18.2 Å². The number of nitro groups is 1. The van der Waals surface area contributed by atoms with E-state index in [1.165, 1.54) is 0 Å². The lowest BCUT2D eigenvalue weighted by Crippen LogP contribution is -2.41. The summed E-state index contributed by atoms with van der Waals surface area (Å²) < 4.78 is 18.6. The first kappa shape index (κ1) is 14.0. The van der Waals surface area contributed by atoms with E-state index >= 15 is 0 Å². The van der Waals surface area contributed by atoms with Gasteiger partial charge in [-0.1, -0.05) is 0 Å². The van der Waals surface area contributed by atoms with Gasteiger partial charge in [0.2, 0.25) is 0 Å². The highest BCUT2D eigenvalue weighted by atomic mass is 19.1. The summed E-state index contributed by atoms with van der Waals surface area (Å²) in [5.74, 6) is -0.828. The molecule has 2 atom stereocenters. The first-order valence-corrected chi connectivity index (χ1v) is 6.07. The Labute approximate surface area is 113 Å². The molecule has 1 saturated carbocycles. The summed E-state index contributed by atoms with van der Waals surface area (Å²) in [6.07, 6.45) is 0.156. The predicted molar refractivity (Wildman–Crippen MR) is 66.3 cm³/mol. The molecule has 0 aliphatic heterocycles. The maximum absolute atomic E-state index is 13.2. The molecule has 0 heterocycles. The third-order valence-corrected chi connectivity index (χ3v) is 3.16. The minimum Gasteiger partial charge on any atom is -0.481 e. The van der Waals surface area contributed by atoms with Crippen LogP contribution in [0.1, 0.15) is 19.3 Å². The largest absolute Gasteiger partial charge is 0.481 e. The van der Waals surface area contributed by atoms with Crippen molar-refractivity contribution in [2.24, 2.45) is 0 Å². The van der Waals surface area contributed by atoms with Crippen LogP contribution in [0.2, 0.25) is 0 Å². The van der Waals surface area contributed by atoms with Gasteiger partial charge in [0.15, 0.2) is 5.75 Å². The second-order valence-corrected chi connectivity index (χ2v) is 4.51. The summed E-state index contributed by atoms with van der Waals surface area (Å²) in [5, 5.41) is 21.9. The molecular formula is C12H13FN2O5. The van der Waals surface area contributed by atoms with Gasteiger partial charge in [-0.3, -0.25) is 10.1 Å². The average molecular weight is 284 g/mol. The van der Waals surface area contributed by atoms with E-state index in [2.05, 4.69) is 5.32 Å². The van der Waals surface area contributed by atoms with E-state index in [4.69, 9.17) is 9.84 Å². The Morgan fingerprint density at radius 1 is 1.50 bits per heavy atom. The summed E-state index contributed by atoms with van der Waals surface area (Å²) in [4.78, 5) is 20.8. The van der Waals surface area contributed by atoms with Gasteiger partial charge in [-0.15, -0.1) is 0 Å². The zero-order chi connectivity index (χ0) is 14.7. The van der Waals surface area contributed by atoms with Crippen molar-refractivity contribution in [1.82, 2.24) is 5.32 Å². The van der Waals surface area contributed by atoms with Gasteiger partial charge in [-0.05, 0) is 25.3 Å². The molecule has 1 aliphatic rings. The van der Waals surface area contributed by atoms with E-state index in [0.29, 0.717) is 12.8 Å². The number of rotatable bonds is 4. The van der Waals surface area contributed by atoms with Crippen molar-refractivity contribution in [3.8, 4) is 5.75 Å². The second kappa shape index (κ2) is 5.72. The highest BCUT2D eigenvalue weighted by molar-refractivity contribution is 5.65. The first-order chi connectivity index (χ1) is 9.47. The smallest absolute Gasteiger partial charge is 0.405 e. The zero-order valence-corrected chi connectivity index (χ0v) is 10.4. The second-order valence-electron chi connectivity index (χ2n) is 4.51. The number of carbonyl (C=O) groups is 1. The van der Waals surface area contributed by atoms with Gasteiger partial charge in [-0.2, -0.15) is 0 Å². The van der Waals surface area contributed by atoms with E-state index in [1.54, 1.807) is 0 Å². The highest BCUT2D eigenvalue weighted by Gasteiger charge is 2.32. The van der Waals surface area contributed by atoms with Gasteiger partial charge >= 0.3 is 11.8 Å². The Morgan fingerprint density at radius 2 is 2.25 bits per heavy atom. The predicted octanol–water partition coefficient (Wildman–Crippen LogP) is 2.30. The van der Waals surface area contributed by atoms with Crippen LogP contribution in [0.5, 0.6) is 5.75 Å². The average Bonchev–Trinajstić information content (AvgIpc) is 2.75. The molecule has 1 aliphatic carbocycles. The SMILES string of the molecule is O=C(O)N[C@H]1CCC[C@@H]1Oc1cc(F)ccc1[N+](=O)[O-]. The van der Waals surface area contributed by atoms with Crippen LogP contribution < -0.4 is 10.1 Å². The van der Waals surface area contributed by atoms with Crippen LogP contribution in [0.25, 0.3) is 0 Å². The number of carboxylic acid groups (broad SMARTS) is 1. The third kappa shape index (κ3) is 3.14. The molecule has 0 bridgehead atoms. The Morgan fingerprint density at radius 3 is 2.90 bits per heavy atom. The van der Waals surface area contributed by atoms with E-state index in [9.17, 15) is 19.3 Å². The van der Waals surface area contributed by atoms with Crippen molar-refractivity contribution >= 4 is 11.8 Å². The number of nitrogens with one attached hydrogen (secondary N) is 1. The molecule has 1 fully saturated rings. The van der Waals surface area contributed by atoms with Crippen LogP contribution in [-0.2, 0) is 0 Å². The van der Waals surface area contributed by atoms with Gasteiger partial charge in [0.25, 0.3) is 0 Å². The molecule has 1 aromatic rings. The summed E-state index contributed by atoms with van der Waals surface area (Å²) in [7, 11) is 0. The molecule has 7 nitrogen and oxygen atoms in total. The van der Waals surface area contributed by atoms with Gasteiger partial charge in [0.05, 0.1) is 11.0 Å². The molecule has 0 spiro atoms.